The quantitative estimate of drug-likeness (QED) is 0.904. The molecule has 0 aliphatic carbocycles. The zero-order chi connectivity index (χ0) is 16.7. The van der Waals surface area contributed by atoms with E-state index in [-0.39, 0.29) is 18.5 Å². The summed E-state index contributed by atoms with van der Waals surface area (Å²) in [6, 6.07) is 9.89. The van der Waals surface area contributed by atoms with E-state index in [0.29, 0.717) is 46.1 Å². The van der Waals surface area contributed by atoms with Crippen molar-refractivity contribution in [2.45, 2.75) is 17.7 Å². The van der Waals surface area contributed by atoms with E-state index < -0.39 is 9.84 Å². The van der Waals surface area contributed by atoms with Crippen molar-refractivity contribution in [3.05, 3.63) is 47.5 Å². The molecular formula is C17H15NO5S. The van der Waals surface area contributed by atoms with Crippen molar-refractivity contribution in [1.82, 2.24) is 0 Å². The normalized spacial score (nSPS) is 17.2. The standard InChI is InChI=1S/C17H15NO5S/c19-17(18-13-4-5-14-15(9-13)23-10-22-14)12-3-6-16-11(8-12)2-1-7-24(16,20)21/h3-6,8-9H,1-2,7,10H2,(H,18,19). The Balaban J connectivity index is 1.59. The van der Waals surface area contributed by atoms with Gasteiger partial charge >= 0.3 is 0 Å². The van der Waals surface area contributed by atoms with E-state index in [4.69, 9.17) is 9.47 Å². The number of hydrogen-bond acceptors (Lipinski definition) is 5. The topological polar surface area (TPSA) is 81.7 Å². The van der Waals surface area contributed by atoms with Gasteiger partial charge in [0.2, 0.25) is 6.79 Å². The Morgan fingerprint density at radius 2 is 1.88 bits per heavy atom. The number of amides is 1. The summed E-state index contributed by atoms with van der Waals surface area (Å²) in [6.45, 7) is 0.173. The minimum Gasteiger partial charge on any atom is -0.454 e. The highest BCUT2D eigenvalue weighted by Crippen LogP contribution is 2.34. The van der Waals surface area contributed by atoms with Crippen molar-refractivity contribution in [3.63, 3.8) is 0 Å². The van der Waals surface area contributed by atoms with E-state index in [1.165, 1.54) is 6.07 Å². The third-order valence-electron chi connectivity index (χ3n) is 4.15. The fraction of sp³-hybridized carbons (Fsp3) is 0.235. The molecular weight excluding hydrogens is 330 g/mol. The zero-order valence-corrected chi connectivity index (χ0v) is 13.6. The van der Waals surface area contributed by atoms with Crippen LogP contribution < -0.4 is 14.8 Å². The Hall–Kier alpha value is -2.54. The second kappa shape index (κ2) is 5.52. The van der Waals surface area contributed by atoms with Crippen LogP contribution in [-0.2, 0) is 16.3 Å². The average Bonchev–Trinajstić information content (AvgIpc) is 3.02. The van der Waals surface area contributed by atoms with Crippen molar-refractivity contribution in [3.8, 4) is 11.5 Å². The van der Waals surface area contributed by atoms with Gasteiger partial charge in [-0.2, -0.15) is 0 Å². The lowest BCUT2D eigenvalue weighted by atomic mass is 10.1. The summed E-state index contributed by atoms with van der Waals surface area (Å²) in [5, 5.41) is 2.79. The number of carbonyl (C=O) groups is 1. The number of aryl methyl sites for hydroxylation is 1. The third kappa shape index (κ3) is 2.60. The molecule has 1 amide bonds. The molecule has 0 saturated heterocycles. The smallest absolute Gasteiger partial charge is 0.255 e. The summed E-state index contributed by atoms with van der Waals surface area (Å²) in [6.07, 6.45) is 1.25. The number of carbonyl (C=O) groups excluding carboxylic acids is 1. The van der Waals surface area contributed by atoms with Crippen LogP contribution in [0, 0.1) is 0 Å². The van der Waals surface area contributed by atoms with Crippen molar-refractivity contribution >= 4 is 21.4 Å². The van der Waals surface area contributed by atoms with E-state index in [0.717, 1.165) is 0 Å². The Morgan fingerprint density at radius 3 is 2.75 bits per heavy atom. The van der Waals surface area contributed by atoms with E-state index in [1.807, 2.05) is 0 Å². The Morgan fingerprint density at radius 1 is 1.04 bits per heavy atom. The highest BCUT2D eigenvalue weighted by atomic mass is 32.2. The average molecular weight is 345 g/mol. The van der Waals surface area contributed by atoms with Crippen LogP contribution in [0.15, 0.2) is 41.3 Å². The first-order valence-electron chi connectivity index (χ1n) is 7.60. The molecule has 0 bridgehead atoms. The number of anilines is 1. The molecule has 124 valence electrons. The number of ether oxygens (including phenoxy) is 2. The van der Waals surface area contributed by atoms with Crippen molar-refractivity contribution in [2.24, 2.45) is 0 Å². The number of hydrogen-bond donors (Lipinski definition) is 1. The SMILES string of the molecule is O=C(Nc1ccc2c(c1)OCO2)c1ccc2c(c1)CCCS2(=O)=O. The van der Waals surface area contributed by atoms with Gasteiger partial charge in [0.25, 0.3) is 5.91 Å². The highest BCUT2D eigenvalue weighted by Gasteiger charge is 2.24. The summed E-state index contributed by atoms with van der Waals surface area (Å²) < 4.78 is 34.6. The van der Waals surface area contributed by atoms with Crippen LogP contribution >= 0.6 is 0 Å². The molecule has 2 aromatic carbocycles. The van der Waals surface area contributed by atoms with Crippen LogP contribution in [0.5, 0.6) is 11.5 Å². The molecule has 0 atom stereocenters. The predicted octanol–water partition coefficient (Wildman–Crippen LogP) is 2.39. The van der Waals surface area contributed by atoms with Crippen molar-refractivity contribution < 1.29 is 22.7 Å². The molecule has 0 fully saturated rings. The maximum Gasteiger partial charge on any atom is 0.255 e. The highest BCUT2D eigenvalue weighted by molar-refractivity contribution is 7.91. The molecule has 0 unspecified atom stereocenters. The summed E-state index contributed by atoms with van der Waals surface area (Å²) in [4.78, 5) is 12.8. The fourth-order valence-electron chi connectivity index (χ4n) is 2.96. The van der Waals surface area contributed by atoms with Gasteiger partial charge in [-0.1, -0.05) is 0 Å². The first-order valence-corrected chi connectivity index (χ1v) is 9.25. The lowest BCUT2D eigenvalue weighted by Crippen LogP contribution is -2.18. The van der Waals surface area contributed by atoms with Crippen molar-refractivity contribution in [1.29, 1.82) is 0 Å². The number of sulfone groups is 1. The van der Waals surface area contributed by atoms with E-state index >= 15 is 0 Å². The van der Waals surface area contributed by atoms with Gasteiger partial charge in [-0.05, 0) is 48.7 Å². The van der Waals surface area contributed by atoms with Crippen LogP contribution in [0.1, 0.15) is 22.3 Å². The van der Waals surface area contributed by atoms with Crippen molar-refractivity contribution in [2.75, 3.05) is 17.9 Å². The molecule has 1 N–H and O–H groups in total. The largest absolute Gasteiger partial charge is 0.454 e. The van der Waals surface area contributed by atoms with Gasteiger partial charge < -0.3 is 14.8 Å². The predicted molar refractivity (Wildman–Crippen MR) is 87.3 cm³/mol. The van der Waals surface area contributed by atoms with E-state index in [2.05, 4.69) is 5.32 Å². The summed E-state index contributed by atoms with van der Waals surface area (Å²) in [7, 11) is -3.21. The summed E-state index contributed by atoms with van der Waals surface area (Å²) in [5.74, 6) is 1.11. The molecule has 2 aromatic rings. The molecule has 4 rings (SSSR count). The molecule has 0 radical (unpaired) electrons. The monoisotopic (exact) mass is 345 g/mol. The zero-order valence-electron chi connectivity index (χ0n) is 12.7. The summed E-state index contributed by atoms with van der Waals surface area (Å²) in [5.41, 5.74) is 1.73. The maximum absolute atomic E-state index is 12.4. The van der Waals surface area contributed by atoms with Gasteiger partial charge in [-0.25, -0.2) is 8.42 Å². The molecule has 24 heavy (non-hydrogen) atoms. The second-order valence-electron chi connectivity index (χ2n) is 5.77. The summed E-state index contributed by atoms with van der Waals surface area (Å²) >= 11 is 0. The van der Waals surface area contributed by atoms with E-state index in [9.17, 15) is 13.2 Å². The number of nitrogens with one attached hydrogen (secondary N) is 1. The lowest BCUT2D eigenvalue weighted by molar-refractivity contribution is 0.102. The lowest BCUT2D eigenvalue weighted by Gasteiger charge is -2.17. The Labute approximate surface area is 139 Å². The second-order valence-corrected chi connectivity index (χ2v) is 7.84. The molecule has 7 heteroatoms. The van der Waals surface area contributed by atoms with Crippen LogP contribution in [0.3, 0.4) is 0 Å². The van der Waals surface area contributed by atoms with Crippen LogP contribution in [0.4, 0.5) is 5.69 Å². The molecule has 6 nitrogen and oxygen atoms in total. The minimum atomic E-state index is -3.21. The maximum atomic E-state index is 12.4. The van der Waals surface area contributed by atoms with Crippen LogP contribution in [0.25, 0.3) is 0 Å². The third-order valence-corrected chi connectivity index (χ3v) is 6.04. The van der Waals surface area contributed by atoms with Crippen LogP contribution in [-0.4, -0.2) is 26.9 Å². The molecule has 0 spiro atoms. The van der Waals surface area contributed by atoms with Gasteiger partial charge in [0.1, 0.15) is 0 Å². The van der Waals surface area contributed by atoms with E-state index in [1.54, 1.807) is 30.3 Å². The Bertz CT molecular complexity index is 936. The van der Waals surface area contributed by atoms with Gasteiger partial charge in [-0.15, -0.1) is 0 Å². The number of benzene rings is 2. The van der Waals surface area contributed by atoms with Crippen LogP contribution in [0.2, 0.25) is 0 Å². The molecule has 0 aromatic heterocycles. The number of rotatable bonds is 2. The minimum absolute atomic E-state index is 0.169. The van der Waals surface area contributed by atoms with Gasteiger partial charge in [0.05, 0.1) is 10.6 Å². The first-order chi connectivity index (χ1) is 11.5. The molecule has 2 aliphatic heterocycles. The van der Waals surface area contributed by atoms with Gasteiger partial charge in [0, 0.05) is 17.3 Å². The van der Waals surface area contributed by atoms with Gasteiger partial charge in [0.15, 0.2) is 21.3 Å². The molecule has 2 heterocycles. The van der Waals surface area contributed by atoms with Gasteiger partial charge in [-0.3, -0.25) is 4.79 Å². The number of fused-ring (bicyclic) bond motifs is 2. The first kappa shape index (κ1) is 15.0. The Kier molecular flexibility index (Phi) is 3.45. The molecule has 0 saturated carbocycles. The fourth-order valence-corrected chi connectivity index (χ4v) is 4.54. The molecule has 2 aliphatic rings.